The molecule has 1 saturated heterocycles. The summed E-state index contributed by atoms with van der Waals surface area (Å²) in [5.74, 6) is -0.0302. The van der Waals surface area contributed by atoms with Gasteiger partial charge in [-0.1, -0.05) is 15.9 Å². The largest absolute Gasteiger partial charge is 0.464 e. The Morgan fingerprint density at radius 2 is 2.42 bits per heavy atom. The lowest BCUT2D eigenvalue weighted by Gasteiger charge is -2.34. The van der Waals surface area contributed by atoms with E-state index in [9.17, 15) is 4.79 Å². The Morgan fingerprint density at radius 3 is 3.21 bits per heavy atom. The Balaban J connectivity index is 1.96. The summed E-state index contributed by atoms with van der Waals surface area (Å²) < 4.78 is 12.0. The number of fused-ring (bicyclic) bond motifs is 3. The SMILES string of the molecule is CCOC(=O)[C@@H]1Nc2ccc(Br)cc2[C@@H]2OCC[C@H]12. The quantitative estimate of drug-likeness (QED) is 0.849. The van der Waals surface area contributed by atoms with Gasteiger partial charge >= 0.3 is 5.97 Å². The number of esters is 1. The van der Waals surface area contributed by atoms with Gasteiger partial charge in [0.2, 0.25) is 0 Å². The van der Waals surface area contributed by atoms with Crippen LogP contribution in [0.4, 0.5) is 5.69 Å². The minimum Gasteiger partial charge on any atom is -0.464 e. The number of rotatable bonds is 2. The summed E-state index contributed by atoms with van der Waals surface area (Å²) in [5, 5.41) is 3.30. The first kappa shape index (κ1) is 12.9. The lowest BCUT2D eigenvalue weighted by molar-refractivity contribution is -0.146. The van der Waals surface area contributed by atoms with Crippen molar-refractivity contribution >= 4 is 27.6 Å². The van der Waals surface area contributed by atoms with E-state index >= 15 is 0 Å². The van der Waals surface area contributed by atoms with E-state index in [1.165, 1.54) is 0 Å². The topological polar surface area (TPSA) is 47.6 Å². The number of halogens is 1. The maximum Gasteiger partial charge on any atom is 0.328 e. The van der Waals surface area contributed by atoms with E-state index in [1.807, 2.05) is 19.1 Å². The summed E-state index contributed by atoms with van der Waals surface area (Å²) in [5.41, 5.74) is 2.09. The molecule has 0 radical (unpaired) electrons. The lowest BCUT2D eigenvalue weighted by atomic mass is 9.84. The predicted molar refractivity (Wildman–Crippen MR) is 75.0 cm³/mol. The van der Waals surface area contributed by atoms with E-state index in [-0.39, 0.29) is 24.0 Å². The van der Waals surface area contributed by atoms with Crippen LogP contribution < -0.4 is 5.32 Å². The molecule has 2 aliphatic heterocycles. The lowest BCUT2D eigenvalue weighted by Crippen LogP contribution is -2.43. The molecule has 5 heteroatoms. The van der Waals surface area contributed by atoms with Crippen LogP contribution in [0, 0.1) is 5.92 Å². The summed E-state index contributed by atoms with van der Waals surface area (Å²) in [7, 11) is 0. The van der Waals surface area contributed by atoms with Gasteiger partial charge in [0.25, 0.3) is 0 Å². The Kier molecular flexibility index (Phi) is 3.50. The molecular weight excluding hydrogens is 310 g/mol. The molecule has 0 unspecified atom stereocenters. The summed E-state index contributed by atoms with van der Waals surface area (Å²) in [6, 6.07) is 5.70. The van der Waals surface area contributed by atoms with Crippen molar-refractivity contribution in [1.29, 1.82) is 0 Å². The van der Waals surface area contributed by atoms with Gasteiger partial charge in [0.1, 0.15) is 6.04 Å². The van der Waals surface area contributed by atoms with Crippen LogP contribution in [-0.4, -0.2) is 25.2 Å². The highest BCUT2D eigenvalue weighted by atomic mass is 79.9. The average molecular weight is 326 g/mol. The van der Waals surface area contributed by atoms with Crippen LogP contribution in [0.15, 0.2) is 22.7 Å². The highest BCUT2D eigenvalue weighted by molar-refractivity contribution is 9.10. The number of hydrogen-bond acceptors (Lipinski definition) is 4. The van der Waals surface area contributed by atoms with Crippen molar-refractivity contribution in [3.8, 4) is 0 Å². The smallest absolute Gasteiger partial charge is 0.328 e. The van der Waals surface area contributed by atoms with Crippen molar-refractivity contribution in [2.24, 2.45) is 5.92 Å². The summed E-state index contributed by atoms with van der Waals surface area (Å²) in [6.07, 6.45) is 0.871. The normalized spacial score (nSPS) is 28.2. The number of benzene rings is 1. The Labute approximate surface area is 120 Å². The summed E-state index contributed by atoms with van der Waals surface area (Å²) in [6.45, 7) is 2.93. The molecule has 1 N–H and O–H groups in total. The van der Waals surface area contributed by atoms with Crippen LogP contribution in [0.3, 0.4) is 0 Å². The molecular formula is C14H16BrNO3. The maximum atomic E-state index is 12.1. The number of carbonyl (C=O) groups is 1. The maximum absolute atomic E-state index is 12.1. The van der Waals surface area contributed by atoms with Crippen molar-refractivity contribution in [1.82, 2.24) is 0 Å². The van der Waals surface area contributed by atoms with E-state index in [1.54, 1.807) is 0 Å². The Bertz CT molecular complexity index is 505. The molecule has 102 valence electrons. The molecule has 3 atom stereocenters. The fourth-order valence-corrected chi connectivity index (χ4v) is 3.29. The highest BCUT2D eigenvalue weighted by Gasteiger charge is 2.44. The Hall–Kier alpha value is -1.07. The van der Waals surface area contributed by atoms with Gasteiger partial charge in [0.05, 0.1) is 12.7 Å². The average Bonchev–Trinajstić information content (AvgIpc) is 2.87. The summed E-state index contributed by atoms with van der Waals surface area (Å²) >= 11 is 3.48. The van der Waals surface area contributed by atoms with Gasteiger partial charge in [0.15, 0.2) is 0 Å². The van der Waals surface area contributed by atoms with E-state index in [4.69, 9.17) is 9.47 Å². The molecule has 19 heavy (non-hydrogen) atoms. The van der Waals surface area contributed by atoms with Gasteiger partial charge in [-0.2, -0.15) is 0 Å². The predicted octanol–water partition coefficient (Wildman–Crippen LogP) is 2.88. The molecule has 2 heterocycles. The molecule has 2 aliphatic rings. The van der Waals surface area contributed by atoms with E-state index in [2.05, 4.69) is 27.3 Å². The van der Waals surface area contributed by atoms with Gasteiger partial charge in [-0.3, -0.25) is 0 Å². The van der Waals surface area contributed by atoms with Crippen LogP contribution >= 0.6 is 15.9 Å². The molecule has 1 aromatic carbocycles. The molecule has 0 aliphatic carbocycles. The van der Waals surface area contributed by atoms with Crippen LogP contribution in [-0.2, 0) is 14.3 Å². The second-order valence-electron chi connectivity index (χ2n) is 4.85. The molecule has 0 saturated carbocycles. The van der Waals surface area contributed by atoms with Crippen LogP contribution in [0.25, 0.3) is 0 Å². The third kappa shape index (κ3) is 2.25. The minimum atomic E-state index is -0.305. The number of anilines is 1. The van der Waals surface area contributed by atoms with Crippen molar-refractivity contribution in [2.45, 2.75) is 25.5 Å². The van der Waals surface area contributed by atoms with Gasteiger partial charge in [0, 0.05) is 28.2 Å². The first-order valence-corrected chi connectivity index (χ1v) is 7.34. The minimum absolute atomic E-state index is 0.0110. The van der Waals surface area contributed by atoms with E-state index < -0.39 is 0 Å². The third-order valence-electron chi connectivity index (χ3n) is 3.74. The van der Waals surface area contributed by atoms with E-state index in [0.717, 1.165) is 22.1 Å². The second kappa shape index (κ2) is 5.13. The van der Waals surface area contributed by atoms with Gasteiger partial charge < -0.3 is 14.8 Å². The van der Waals surface area contributed by atoms with Gasteiger partial charge in [-0.25, -0.2) is 4.79 Å². The first-order chi connectivity index (χ1) is 9.20. The summed E-state index contributed by atoms with van der Waals surface area (Å²) in [4.78, 5) is 12.1. The fourth-order valence-electron chi connectivity index (χ4n) is 2.91. The van der Waals surface area contributed by atoms with Crippen molar-refractivity contribution in [2.75, 3.05) is 18.5 Å². The van der Waals surface area contributed by atoms with E-state index in [0.29, 0.717) is 13.2 Å². The van der Waals surface area contributed by atoms with Crippen molar-refractivity contribution in [3.63, 3.8) is 0 Å². The first-order valence-electron chi connectivity index (χ1n) is 6.55. The van der Waals surface area contributed by atoms with Crippen LogP contribution in [0.1, 0.15) is 25.0 Å². The van der Waals surface area contributed by atoms with Gasteiger partial charge in [-0.15, -0.1) is 0 Å². The standard InChI is InChI=1S/C14H16BrNO3/c1-2-18-14(17)12-9-5-6-19-13(9)10-7-8(15)3-4-11(10)16-12/h3-4,7,9,12-13,16H,2,5-6H2,1H3/t9-,12-,13-/m1/s1. The molecule has 1 aromatic rings. The van der Waals surface area contributed by atoms with Crippen LogP contribution in [0.2, 0.25) is 0 Å². The number of carbonyl (C=O) groups excluding carboxylic acids is 1. The molecule has 0 bridgehead atoms. The zero-order valence-corrected chi connectivity index (χ0v) is 12.3. The van der Waals surface area contributed by atoms with Crippen molar-refractivity contribution < 1.29 is 14.3 Å². The monoisotopic (exact) mass is 325 g/mol. The zero-order chi connectivity index (χ0) is 13.4. The third-order valence-corrected chi connectivity index (χ3v) is 4.23. The number of ether oxygens (including phenoxy) is 2. The molecule has 3 rings (SSSR count). The molecule has 4 nitrogen and oxygen atoms in total. The molecule has 1 fully saturated rings. The molecule has 0 aromatic heterocycles. The zero-order valence-electron chi connectivity index (χ0n) is 10.7. The molecule has 0 spiro atoms. The number of hydrogen-bond donors (Lipinski definition) is 1. The second-order valence-corrected chi connectivity index (χ2v) is 5.77. The number of nitrogens with one attached hydrogen (secondary N) is 1. The van der Waals surface area contributed by atoms with Crippen molar-refractivity contribution in [3.05, 3.63) is 28.2 Å². The highest BCUT2D eigenvalue weighted by Crippen LogP contribution is 2.45. The fraction of sp³-hybridized carbons (Fsp3) is 0.500. The van der Waals surface area contributed by atoms with Crippen LogP contribution in [0.5, 0.6) is 0 Å². The molecule has 0 amide bonds. The van der Waals surface area contributed by atoms with Gasteiger partial charge in [-0.05, 0) is 31.5 Å². The Morgan fingerprint density at radius 1 is 1.58 bits per heavy atom.